The largest absolute Gasteiger partial charge is 0.354 e. The molecule has 1 saturated heterocycles. The van der Waals surface area contributed by atoms with Gasteiger partial charge in [-0.3, -0.25) is 4.79 Å². The summed E-state index contributed by atoms with van der Waals surface area (Å²) in [6.07, 6.45) is 5.53. The van der Waals surface area contributed by atoms with Crippen molar-refractivity contribution in [1.82, 2.24) is 19.9 Å². The lowest BCUT2D eigenvalue weighted by atomic mass is 9.96. The number of hydrogen-bond acceptors (Lipinski definition) is 4. The van der Waals surface area contributed by atoms with Gasteiger partial charge in [0.15, 0.2) is 5.82 Å². The van der Waals surface area contributed by atoms with Crippen LogP contribution < -0.4 is 10.2 Å². The number of aromatic nitrogens is 3. The van der Waals surface area contributed by atoms with E-state index < -0.39 is 0 Å². The second-order valence-corrected chi connectivity index (χ2v) is 9.35. The lowest BCUT2D eigenvalue weighted by Gasteiger charge is -2.33. The van der Waals surface area contributed by atoms with Crippen LogP contribution in [0.4, 0.5) is 5.82 Å². The molecule has 34 heavy (non-hydrogen) atoms. The summed E-state index contributed by atoms with van der Waals surface area (Å²) < 4.78 is 1.90. The molecule has 3 heterocycles. The Morgan fingerprint density at radius 2 is 1.94 bits per heavy atom. The van der Waals surface area contributed by atoms with Crippen LogP contribution in [0.2, 0.25) is 0 Å². The van der Waals surface area contributed by atoms with Gasteiger partial charge in [-0.15, -0.1) is 0 Å². The third-order valence-corrected chi connectivity index (χ3v) is 6.78. The van der Waals surface area contributed by atoms with Crippen LogP contribution in [0.5, 0.6) is 0 Å². The maximum atomic E-state index is 13.1. The van der Waals surface area contributed by atoms with Gasteiger partial charge in [0.05, 0.1) is 17.7 Å². The highest BCUT2D eigenvalue weighted by molar-refractivity contribution is 5.81. The van der Waals surface area contributed by atoms with Gasteiger partial charge in [-0.1, -0.05) is 54.1 Å². The Hall–Kier alpha value is -3.67. The molecule has 1 amide bonds. The molecule has 4 aromatic rings. The second-order valence-electron chi connectivity index (χ2n) is 9.35. The topological polar surface area (TPSA) is 62.5 Å². The third-order valence-electron chi connectivity index (χ3n) is 6.78. The zero-order chi connectivity index (χ0) is 23.7. The standard InChI is InChI=1S/C28H31N5O/c1-19-11-12-24(20(2)16-19)25-17-26-27(29-13-15-33(26)31-25)32-14-7-10-23(18-32)28(34)30-21(3)22-8-5-4-6-9-22/h4-6,8-9,11-13,15-17,21,23H,7,10,14,18H2,1-3H3,(H,30,34). The van der Waals surface area contributed by atoms with Crippen molar-refractivity contribution in [1.29, 1.82) is 0 Å². The van der Waals surface area contributed by atoms with Crippen LogP contribution in [0.25, 0.3) is 16.8 Å². The van der Waals surface area contributed by atoms with Gasteiger partial charge in [-0.25, -0.2) is 9.50 Å². The highest BCUT2D eigenvalue weighted by Crippen LogP contribution is 2.30. The van der Waals surface area contributed by atoms with Crippen LogP contribution in [-0.4, -0.2) is 33.6 Å². The highest BCUT2D eigenvalue weighted by Gasteiger charge is 2.28. The molecule has 0 radical (unpaired) electrons. The number of aryl methyl sites for hydroxylation is 2. The molecule has 174 valence electrons. The summed E-state index contributed by atoms with van der Waals surface area (Å²) in [6, 6.07) is 18.6. The molecule has 1 fully saturated rings. The smallest absolute Gasteiger partial charge is 0.225 e. The van der Waals surface area contributed by atoms with Crippen molar-refractivity contribution in [3.63, 3.8) is 0 Å². The molecule has 2 atom stereocenters. The van der Waals surface area contributed by atoms with E-state index >= 15 is 0 Å². The summed E-state index contributed by atoms with van der Waals surface area (Å²) in [6.45, 7) is 7.80. The summed E-state index contributed by atoms with van der Waals surface area (Å²) in [4.78, 5) is 20.1. The number of anilines is 1. The fourth-order valence-corrected chi connectivity index (χ4v) is 4.92. The van der Waals surface area contributed by atoms with Crippen molar-refractivity contribution in [2.24, 2.45) is 5.92 Å². The molecule has 2 unspecified atom stereocenters. The first-order chi connectivity index (χ1) is 16.5. The fourth-order valence-electron chi connectivity index (χ4n) is 4.92. The van der Waals surface area contributed by atoms with Crippen LogP contribution in [0.15, 0.2) is 67.0 Å². The number of amides is 1. The van der Waals surface area contributed by atoms with Gasteiger partial charge in [-0.2, -0.15) is 5.10 Å². The molecule has 2 aromatic carbocycles. The number of piperidine rings is 1. The van der Waals surface area contributed by atoms with Crippen LogP contribution >= 0.6 is 0 Å². The van der Waals surface area contributed by atoms with E-state index in [0.717, 1.165) is 47.5 Å². The van der Waals surface area contributed by atoms with Gasteiger partial charge in [0.25, 0.3) is 0 Å². The number of rotatable bonds is 5. The summed E-state index contributed by atoms with van der Waals surface area (Å²) in [7, 11) is 0. The van der Waals surface area contributed by atoms with E-state index in [1.165, 1.54) is 11.1 Å². The zero-order valence-electron chi connectivity index (χ0n) is 20.0. The lowest BCUT2D eigenvalue weighted by Crippen LogP contribution is -2.44. The van der Waals surface area contributed by atoms with Gasteiger partial charge in [0.2, 0.25) is 5.91 Å². The Morgan fingerprint density at radius 3 is 2.74 bits per heavy atom. The molecular formula is C28H31N5O. The molecule has 0 bridgehead atoms. The van der Waals surface area contributed by atoms with Crippen molar-refractivity contribution in [2.75, 3.05) is 18.0 Å². The van der Waals surface area contributed by atoms with Crippen LogP contribution in [0.3, 0.4) is 0 Å². The molecule has 5 rings (SSSR count). The molecule has 1 N–H and O–H groups in total. The Kier molecular flexibility index (Phi) is 6.05. The number of nitrogens with one attached hydrogen (secondary N) is 1. The molecule has 0 saturated carbocycles. The van der Waals surface area contributed by atoms with Crippen molar-refractivity contribution in [3.05, 3.63) is 83.7 Å². The average molecular weight is 454 g/mol. The van der Waals surface area contributed by atoms with Gasteiger partial charge in [0.1, 0.15) is 5.52 Å². The molecule has 6 heteroatoms. The fraction of sp³-hybridized carbons (Fsp3) is 0.321. The number of carbonyl (C=O) groups excluding carboxylic acids is 1. The molecule has 6 nitrogen and oxygen atoms in total. The van der Waals surface area contributed by atoms with E-state index in [9.17, 15) is 4.79 Å². The molecule has 1 aliphatic heterocycles. The van der Waals surface area contributed by atoms with E-state index in [0.29, 0.717) is 6.54 Å². The molecule has 2 aromatic heterocycles. The third kappa shape index (κ3) is 4.40. The predicted molar refractivity (Wildman–Crippen MR) is 136 cm³/mol. The van der Waals surface area contributed by atoms with Crippen LogP contribution in [0, 0.1) is 19.8 Å². The van der Waals surface area contributed by atoms with E-state index in [1.807, 2.05) is 35.8 Å². The monoisotopic (exact) mass is 453 g/mol. The van der Waals surface area contributed by atoms with Gasteiger partial charge < -0.3 is 10.2 Å². The molecule has 0 aliphatic carbocycles. The minimum atomic E-state index is -0.0660. The van der Waals surface area contributed by atoms with Crippen LogP contribution in [0.1, 0.15) is 42.5 Å². The average Bonchev–Trinajstić information content (AvgIpc) is 3.28. The molecular weight excluding hydrogens is 422 g/mol. The first-order valence-electron chi connectivity index (χ1n) is 12.0. The maximum absolute atomic E-state index is 13.1. The number of fused-ring (bicyclic) bond motifs is 1. The van der Waals surface area contributed by atoms with Crippen molar-refractivity contribution < 1.29 is 4.79 Å². The number of carbonyl (C=O) groups is 1. The first-order valence-corrected chi connectivity index (χ1v) is 12.0. The number of hydrogen-bond donors (Lipinski definition) is 1. The Bertz CT molecular complexity index is 1310. The molecule has 1 aliphatic rings. The summed E-state index contributed by atoms with van der Waals surface area (Å²) in [5.41, 5.74) is 6.61. The van der Waals surface area contributed by atoms with Crippen molar-refractivity contribution in [3.8, 4) is 11.3 Å². The van der Waals surface area contributed by atoms with E-state index in [4.69, 9.17) is 10.1 Å². The van der Waals surface area contributed by atoms with Crippen LogP contribution in [-0.2, 0) is 4.79 Å². The number of nitrogens with zero attached hydrogens (tertiary/aromatic N) is 4. The zero-order valence-corrected chi connectivity index (χ0v) is 20.0. The summed E-state index contributed by atoms with van der Waals surface area (Å²) in [5, 5.41) is 8.03. The normalized spacial score (nSPS) is 17.0. The lowest BCUT2D eigenvalue weighted by molar-refractivity contribution is -0.125. The summed E-state index contributed by atoms with van der Waals surface area (Å²) in [5.74, 6) is 0.931. The van der Waals surface area contributed by atoms with E-state index in [2.05, 4.69) is 60.5 Å². The van der Waals surface area contributed by atoms with E-state index in [1.54, 1.807) is 6.20 Å². The highest BCUT2D eigenvalue weighted by atomic mass is 16.2. The van der Waals surface area contributed by atoms with Gasteiger partial charge in [-0.05, 0) is 50.8 Å². The van der Waals surface area contributed by atoms with E-state index in [-0.39, 0.29) is 17.9 Å². The minimum Gasteiger partial charge on any atom is -0.354 e. The first kappa shape index (κ1) is 22.1. The Morgan fingerprint density at radius 1 is 1.12 bits per heavy atom. The summed E-state index contributed by atoms with van der Waals surface area (Å²) >= 11 is 0. The quantitative estimate of drug-likeness (QED) is 0.456. The Labute approximate surface area is 200 Å². The van der Waals surface area contributed by atoms with Crippen molar-refractivity contribution in [2.45, 2.75) is 39.7 Å². The SMILES string of the molecule is Cc1ccc(-c2cc3c(N4CCCC(C(=O)NC(C)c5ccccc5)C4)nccn3n2)c(C)c1. The minimum absolute atomic E-state index is 0.0132. The Balaban J connectivity index is 1.37. The maximum Gasteiger partial charge on any atom is 0.225 e. The predicted octanol–water partition coefficient (Wildman–Crippen LogP) is 5.11. The van der Waals surface area contributed by atoms with Gasteiger partial charge >= 0.3 is 0 Å². The van der Waals surface area contributed by atoms with Gasteiger partial charge in [0, 0.05) is 31.0 Å². The molecule has 0 spiro atoms. The number of benzene rings is 2. The second kappa shape index (κ2) is 9.29. The van der Waals surface area contributed by atoms with Crippen molar-refractivity contribution >= 4 is 17.2 Å².